The number of hydrogen-bond acceptors (Lipinski definition) is 8. The summed E-state index contributed by atoms with van der Waals surface area (Å²) in [5.74, 6) is -2.33. The zero-order valence-corrected chi connectivity index (χ0v) is 27.3. The molecule has 5 atom stereocenters. The van der Waals surface area contributed by atoms with Crippen molar-refractivity contribution in [2.75, 3.05) is 6.54 Å². The zero-order chi connectivity index (χ0) is 33.5. The highest BCUT2D eigenvalue weighted by Crippen LogP contribution is 2.34. The minimum atomic E-state index is -1.29. The lowest BCUT2D eigenvalue weighted by Gasteiger charge is -2.34. The number of carbonyl (C=O) groups excluding carboxylic acids is 3. The average Bonchev–Trinajstić information content (AvgIpc) is 3.30. The number of hydrogen-bond donors (Lipinski definition) is 4. The summed E-state index contributed by atoms with van der Waals surface area (Å²) in [6.07, 6.45) is 1.40. The van der Waals surface area contributed by atoms with Gasteiger partial charge in [-0.3, -0.25) is 19.2 Å². The second kappa shape index (κ2) is 15.6. The first-order valence-electron chi connectivity index (χ1n) is 15.8. The number of carbonyl (C=O) groups is 4. The van der Waals surface area contributed by atoms with Gasteiger partial charge >= 0.3 is 11.9 Å². The van der Waals surface area contributed by atoms with Crippen LogP contribution in [-0.4, -0.2) is 67.3 Å². The van der Waals surface area contributed by atoms with E-state index in [-0.39, 0.29) is 36.9 Å². The van der Waals surface area contributed by atoms with Gasteiger partial charge in [-0.15, -0.1) is 0 Å². The second-order valence-corrected chi connectivity index (χ2v) is 13.0. The highest BCUT2D eigenvalue weighted by Gasteiger charge is 2.42. The van der Waals surface area contributed by atoms with Crippen molar-refractivity contribution in [1.82, 2.24) is 14.9 Å². The van der Waals surface area contributed by atoms with Crippen LogP contribution in [0.25, 0.3) is 11.0 Å². The number of aliphatic hydroxyl groups is 2. The maximum absolute atomic E-state index is 13.3. The van der Waals surface area contributed by atoms with Crippen molar-refractivity contribution < 1.29 is 39.2 Å². The minimum absolute atomic E-state index is 0.0808. The molecule has 1 aromatic carbocycles. The Hall–Kier alpha value is -3.57. The van der Waals surface area contributed by atoms with Crippen molar-refractivity contribution in [2.45, 2.75) is 111 Å². The summed E-state index contributed by atoms with van der Waals surface area (Å²) in [6, 6.07) is 5.64. The third kappa shape index (κ3) is 9.46. The quantitative estimate of drug-likeness (QED) is 0.257. The molecule has 11 heteroatoms. The highest BCUT2D eigenvalue weighted by atomic mass is 16.5. The number of aliphatic hydroxyl groups excluding tert-OH is 2. The summed E-state index contributed by atoms with van der Waals surface area (Å²) in [6.45, 7) is 11.5. The Morgan fingerprint density at radius 1 is 1.13 bits per heavy atom. The number of benzene rings is 1. The maximum atomic E-state index is 13.3. The predicted molar refractivity (Wildman–Crippen MR) is 169 cm³/mol. The molecule has 248 valence electrons. The van der Waals surface area contributed by atoms with Crippen molar-refractivity contribution in [3.05, 3.63) is 41.2 Å². The van der Waals surface area contributed by atoms with Gasteiger partial charge in [-0.25, -0.2) is 4.98 Å². The molecule has 0 bridgehead atoms. The van der Waals surface area contributed by atoms with Gasteiger partial charge in [0.2, 0.25) is 5.91 Å². The van der Waals surface area contributed by atoms with E-state index in [0.29, 0.717) is 25.0 Å². The number of carboxylic acids is 1. The number of imidazole rings is 1. The second-order valence-electron chi connectivity index (χ2n) is 13.0. The van der Waals surface area contributed by atoms with E-state index in [0.717, 1.165) is 41.7 Å². The topological polar surface area (TPSA) is 168 Å². The average molecular weight is 628 g/mol. The molecule has 0 unspecified atom stereocenters. The van der Waals surface area contributed by atoms with Crippen LogP contribution in [0.1, 0.15) is 97.1 Å². The molecule has 1 aliphatic rings. The van der Waals surface area contributed by atoms with E-state index in [2.05, 4.69) is 16.4 Å². The van der Waals surface area contributed by atoms with Gasteiger partial charge in [0.05, 0.1) is 41.5 Å². The number of nitrogens with zero attached hydrogens (tertiary/aromatic N) is 2. The number of esters is 1. The third-order valence-electron chi connectivity index (χ3n) is 9.08. The number of fused-ring (bicyclic) bond motifs is 1. The first-order valence-corrected chi connectivity index (χ1v) is 15.8. The van der Waals surface area contributed by atoms with E-state index in [1.54, 1.807) is 20.8 Å². The number of aromatic nitrogens is 2. The Labute approximate surface area is 265 Å². The van der Waals surface area contributed by atoms with Gasteiger partial charge in [0.1, 0.15) is 17.7 Å². The number of allylic oxidation sites excluding steroid dienone is 1. The summed E-state index contributed by atoms with van der Waals surface area (Å²) in [5.41, 5.74) is 2.13. The van der Waals surface area contributed by atoms with Gasteiger partial charge in [-0.1, -0.05) is 45.4 Å². The number of ketones is 1. The van der Waals surface area contributed by atoms with E-state index >= 15 is 0 Å². The fourth-order valence-corrected chi connectivity index (χ4v) is 5.92. The molecule has 45 heavy (non-hydrogen) atoms. The van der Waals surface area contributed by atoms with Crippen LogP contribution in [0.15, 0.2) is 29.8 Å². The molecule has 0 saturated carbocycles. The Morgan fingerprint density at radius 3 is 2.53 bits per heavy atom. The number of aliphatic carboxylic acids is 1. The Balaban J connectivity index is 1.84. The molecule has 0 aliphatic carbocycles. The highest BCUT2D eigenvalue weighted by molar-refractivity contribution is 5.88. The van der Waals surface area contributed by atoms with Crippen LogP contribution in [-0.2, 0) is 30.5 Å². The van der Waals surface area contributed by atoms with Crippen LogP contribution < -0.4 is 5.32 Å². The molecule has 0 saturated heterocycles. The molecule has 2 aromatic rings. The number of Topliss-reactive ketones (excluding diaryl/α,β-unsaturated/α-hetero) is 1. The Morgan fingerprint density at radius 2 is 1.84 bits per heavy atom. The molecule has 3 rings (SSSR count). The summed E-state index contributed by atoms with van der Waals surface area (Å²) in [7, 11) is 0. The van der Waals surface area contributed by atoms with E-state index < -0.39 is 41.6 Å². The van der Waals surface area contributed by atoms with Crippen molar-refractivity contribution in [2.24, 2.45) is 17.3 Å². The van der Waals surface area contributed by atoms with Crippen LogP contribution in [0.5, 0.6) is 0 Å². The normalized spacial score (nSPS) is 26.6. The largest absolute Gasteiger partial charge is 0.481 e. The third-order valence-corrected chi connectivity index (χ3v) is 9.08. The standard InChI is InChI=1S/C34H49N3O8/c1-20-8-7-9-21(2)32(43)22(3)33(44)34(5,6)28(38)19-31(42)45-27(13-10-20)24-11-12-26-25(18-24)36-23(4)37(26)17-16-35-29(39)14-15-30(40)41/h10-12,18,21-22,27-28,32,38,43H,7-9,13-17,19H2,1-6H3,(H,35,39)(H,40,41)/b20-10-/t21-,22+,27-,28-,32-/m0/s1. The first-order chi connectivity index (χ1) is 21.1. The van der Waals surface area contributed by atoms with E-state index in [1.165, 1.54) is 0 Å². The van der Waals surface area contributed by atoms with E-state index in [4.69, 9.17) is 9.84 Å². The number of amides is 1. The van der Waals surface area contributed by atoms with E-state index in [9.17, 15) is 29.4 Å². The molecule has 11 nitrogen and oxygen atoms in total. The summed E-state index contributed by atoms with van der Waals surface area (Å²) < 4.78 is 7.90. The smallest absolute Gasteiger partial charge is 0.309 e. The fraction of sp³-hybridized carbons (Fsp3) is 0.618. The molecule has 0 radical (unpaired) electrons. The van der Waals surface area contributed by atoms with Crippen molar-refractivity contribution in [3.8, 4) is 0 Å². The van der Waals surface area contributed by atoms with Crippen LogP contribution in [0.4, 0.5) is 0 Å². The minimum Gasteiger partial charge on any atom is -0.481 e. The lowest BCUT2D eigenvalue weighted by molar-refractivity contribution is -0.156. The number of nitrogens with one attached hydrogen (secondary N) is 1. The molecule has 1 aliphatic heterocycles. The Bertz CT molecular complexity index is 1410. The SMILES string of the molecule is C/C1=C/C[C@@H](c2ccc3c(c2)nc(C)n3CCNC(=O)CCC(=O)O)OC(=O)C[C@H](O)C(C)(C)C(=O)[C@H](C)[C@@H](O)[C@@H](C)CCC1. The van der Waals surface area contributed by atoms with Crippen molar-refractivity contribution >= 4 is 34.7 Å². The van der Waals surface area contributed by atoms with Crippen LogP contribution in [0.3, 0.4) is 0 Å². The van der Waals surface area contributed by atoms with Gasteiger partial charge in [0.25, 0.3) is 0 Å². The Kier molecular flexibility index (Phi) is 12.5. The number of carboxylic acid groups (broad SMARTS) is 1. The molecule has 0 spiro atoms. The van der Waals surface area contributed by atoms with Gasteiger partial charge in [-0.05, 0) is 56.7 Å². The number of ether oxygens (including phenoxy) is 1. The molecular weight excluding hydrogens is 578 g/mol. The molecule has 1 aromatic heterocycles. The van der Waals surface area contributed by atoms with Crippen LogP contribution >= 0.6 is 0 Å². The monoisotopic (exact) mass is 627 g/mol. The van der Waals surface area contributed by atoms with Gasteiger partial charge in [0, 0.05) is 31.8 Å². The number of aryl methyl sites for hydroxylation is 1. The first kappa shape index (κ1) is 35.9. The number of cyclic esters (lactones) is 1. The lowest BCUT2D eigenvalue weighted by atomic mass is 9.73. The van der Waals surface area contributed by atoms with Crippen molar-refractivity contribution in [1.29, 1.82) is 0 Å². The summed E-state index contributed by atoms with van der Waals surface area (Å²) in [5, 5.41) is 33.4. The van der Waals surface area contributed by atoms with Gasteiger partial charge in [0.15, 0.2) is 0 Å². The van der Waals surface area contributed by atoms with Crippen molar-refractivity contribution in [3.63, 3.8) is 0 Å². The van der Waals surface area contributed by atoms with Crippen LogP contribution in [0.2, 0.25) is 0 Å². The van der Waals surface area contributed by atoms with Gasteiger partial charge < -0.3 is 29.9 Å². The lowest BCUT2D eigenvalue weighted by Crippen LogP contribution is -2.45. The maximum Gasteiger partial charge on any atom is 0.309 e. The fourth-order valence-electron chi connectivity index (χ4n) is 5.92. The molecular formula is C34H49N3O8. The van der Waals surface area contributed by atoms with Gasteiger partial charge in [-0.2, -0.15) is 0 Å². The molecule has 1 amide bonds. The molecule has 4 N–H and O–H groups in total. The molecule has 0 fully saturated rings. The summed E-state index contributed by atoms with van der Waals surface area (Å²) >= 11 is 0. The molecule has 2 heterocycles. The predicted octanol–water partition coefficient (Wildman–Crippen LogP) is 4.41. The van der Waals surface area contributed by atoms with E-state index in [1.807, 2.05) is 43.5 Å². The zero-order valence-electron chi connectivity index (χ0n) is 27.3. The van der Waals surface area contributed by atoms with Crippen LogP contribution in [0, 0.1) is 24.2 Å². The summed E-state index contributed by atoms with van der Waals surface area (Å²) in [4.78, 5) is 53.8. The number of rotatable bonds is 7.